The molecular formula is C17H19NO3S. The first-order valence-corrected chi connectivity index (χ1v) is 7.99. The molecule has 1 amide bonds. The summed E-state index contributed by atoms with van der Waals surface area (Å²) < 4.78 is 10.5. The Morgan fingerprint density at radius 2 is 1.68 bits per heavy atom. The predicted molar refractivity (Wildman–Crippen MR) is 90.0 cm³/mol. The van der Waals surface area contributed by atoms with E-state index in [1.807, 2.05) is 55.5 Å². The Labute approximate surface area is 134 Å². The maximum atomic E-state index is 11.9. The zero-order valence-corrected chi connectivity index (χ0v) is 13.5. The Bertz CT molecular complexity index is 596. The summed E-state index contributed by atoms with van der Waals surface area (Å²) in [5.74, 6) is 1.93. The SMILES string of the molecule is CCOc1ccc(NC(=O)CSc2ccc(OC)cc2)cc1. The molecular weight excluding hydrogens is 298 g/mol. The van der Waals surface area contributed by atoms with Crippen molar-refractivity contribution in [1.29, 1.82) is 0 Å². The van der Waals surface area contributed by atoms with Gasteiger partial charge in [0.05, 0.1) is 19.5 Å². The van der Waals surface area contributed by atoms with Crippen molar-refractivity contribution < 1.29 is 14.3 Å². The Balaban J connectivity index is 1.81. The van der Waals surface area contributed by atoms with Crippen LogP contribution in [0.25, 0.3) is 0 Å². The van der Waals surface area contributed by atoms with E-state index < -0.39 is 0 Å². The number of rotatable bonds is 7. The summed E-state index contributed by atoms with van der Waals surface area (Å²) in [4.78, 5) is 13.0. The summed E-state index contributed by atoms with van der Waals surface area (Å²) in [5.41, 5.74) is 0.767. The van der Waals surface area contributed by atoms with Crippen LogP contribution in [-0.4, -0.2) is 25.4 Å². The van der Waals surface area contributed by atoms with Crippen LogP contribution in [0.3, 0.4) is 0 Å². The molecule has 0 atom stereocenters. The molecule has 4 nitrogen and oxygen atoms in total. The van der Waals surface area contributed by atoms with Crippen LogP contribution in [0.4, 0.5) is 5.69 Å². The van der Waals surface area contributed by atoms with Crippen LogP contribution in [-0.2, 0) is 4.79 Å². The minimum Gasteiger partial charge on any atom is -0.497 e. The second kappa shape index (κ2) is 8.34. The molecule has 0 spiro atoms. The standard InChI is InChI=1S/C17H19NO3S/c1-3-21-15-6-4-13(5-7-15)18-17(19)12-22-16-10-8-14(20-2)9-11-16/h4-11H,3,12H2,1-2H3,(H,18,19). The highest BCUT2D eigenvalue weighted by atomic mass is 32.2. The number of carbonyl (C=O) groups excluding carboxylic acids is 1. The molecule has 22 heavy (non-hydrogen) atoms. The lowest BCUT2D eigenvalue weighted by molar-refractivity contribution is -0.113. The first-order valence-electron chi connectivity index (χ1n) is 7.01. The lowest BCUT2D eigenvalue weighted by Crippen LogP contribution is -2.13. The average molecular weight is 317 g/mol. The van der Waals surface area contributed by atoms with Gasteiger partial charge in [-0.1, -0.05) is 0 Å². The van der Waals surface area contributed by atoms with E-state index in [-0.39, 0.29) is 5.91 Å². The number of hydrogen-bond acceptors (Lipinski definition) is 4. The molecule has 1 N–H and O–H groups in total. The van der Waals surface area contributed by atoms with E-state index in [1.54, 1.807) is 7.11 Å². The second-order valence-electron chi connectivity index (χ2n) is 4.47. The van der Waals surface area contributed by atoms with E-state index in [0.717, 1.165) is 22.1 Å². The Kier molecular flexibility index (Phi) is 6.15. The Morgan fingerprint density at radius 3 is 2.27 bits per heavy atom. The molecule has 0 radical (unpaired) electrons. The van der Waals surface area contributed by atoms with Crippen molar-refractivity contribution in [2.45, 2.75) is 11.8 Å². The van der Waals surface area contributed by atoms with Crippen molar-refractivity contribution in [2.24, 2.45) is 0 Å². The fraction of sp³-hybridized carbons (Fsp3) is 0.235. The topological polar surface area (TPSA) is 47.6 Å². The molecule has 2 rings (SSSR count). The zero-order chi connectivity index (χ0) is 15.8. The Hall–Kier alpha value is -2.14. The lowest BCUT2D eigenvalue weighted by atomic mass is 10.3. The summed E-state index contributed by atoms with van der Waals surface area (Å²) in [6.45, 7) is 2.57. The first kappa shape index (κ1) is 16.2. The number of amides is 1. The van der Waals surface area contributed by atoms with Crippen LogP contribution in [0.5, 0.6) is 11.5 Å². The predicted octanol–water partition coefficient (Wildman–Crippen LogP) is 3.82. The van der Waals surface area contributed by atoms with Crippen LogP contribution in [0.2, 0.25) is 0 Å². The zero-order valence-electron chi connectivity index (χ0n) is 12.7. The van der Waals surface area contributed by atoms with Gasteiger partial charge in [-0.05, 0) is 55.5 Å². The van der Waals surface area contributed by atoms with Crippen molar-refractivity contribution >= 4 is 23.4 Å². The number of nitrogens with one attached hydrogen (secondary N) is 1. The van der Waals surface area contributed by atoms with Crippen molar-refractivity contribution in [1.82, 2.24) is 0 Å². The summed E-state index contributed by atoms with van der Waals surface area (Å²) in [6.07, 6.45) is 0. The van der Waals surface area contributed by atoms with Crippen LogP contribution in [0.15, 0.2) is 53.4 Å². The fourth-order valence-electron chi connectivity index (χ4n) is 1.82. The van der Waals surface area contributed by atoms with Gasteiger partial charge in [-0.15, -0.1) is 11.8 Å². The molecule has 116 valence electrons. The number of carbonyl (C=O) groups is 1. The van der Waals surface area contributed by atoms with Crippen molar-refractivity contribution in [3.05, 3.63) is 48.5 Å². The molecule has 0 aromatic heterocycles. The highest BCUT2D eigenvalue weighted by Gasteiger charge is 2.04. The third-order valence-electron chi connectivity index (χ3n) is 2.88. The lowest BCUT2D eigenvalue weighted by Gasteiger charge is -2.07. The molecule has 0 bridgehead atoms. The second-order valence-corrected chi connectivity index (χ2v) is 5.52. The summed E-state index contributed by atoms with van der Waals surface area (Å²) in [5, 5.41) is 2.86. The smallest absolute Gasteiger partial charge is 0.234 e. The van der Waals surface area contributed by atoms with Crippen molar-refractivity contribution in [2.75, 3.05) is 24.8 Å². The monoisotopic (exact) mass is 317 g/mol. The number of hydrogen-bond donors (Lipinski definition) is 1. The van der Waals surface area contributed by atoms with Crippen LogP contribution >= 0.6 is 11.8 Å². The molecule has 0 saturated carbocycles. The summed E-state index contributed by atoms with van der Waals surface area (Å²) in [6, 6.07) is 15.0. The number of methoxy groups -OCH3 is 1. The van der Waals surface area contributed by atoms with Gasteiger partial charge in [0, 0.05) is 10.6 Å². The summed E-state index contributed by atoms with van der Waals surface area (Å²) in [7, 11) is 1.63. The number of anilines is 1. The maximum absolute atomic E-state index is 11.9. The molecule has 0 fully saturated rings. The quantitative estimate of drug-likeness (QED) is 0.789. The van der Waals surface area contributed by atoms with Gasteiger partial charge in [-0.25, -0.2) is 0 Å². The Morgan fingerprint density at radius 1 is 1.05 bits per heavy atom. The molecule has 2 aromatic carbocycles. The van der Waals surface area contributed by atoms with Gasteiger partial charge in [0.1, 0.15) is 11.5 Å². The summed E-state index contributed by atoms with van der Waals surface area (Å²) >= 11 is 1.49. The highest BCUT2D eigenvalue weighted by molar-refractivity contribution is 8.00. The van der Waals surface area contributed by atoms with Gasteiger partial charge in [-0.2, -0.15) is 0 Å². The third-order valence-corrected chi connectivity index (χ3v) is 3.89. The van der Waals surface area contributed by atoms with Gasteiger partial charge in [-0.3, -0.25) is 4.79 Å². The minimum absolute atomic E-state index is 0.0371. The van der Waals surface area contributed by atoms with E-state index >= 15 is 0 Å². The van der Waals surface area contributed by atoms with E-state index in [1.165, 1.54) is 11.8 Å². The highest BCUT2D eigenvalue weighted by Crippen LogP contribution is 2.22. The van der Waals surface area contributed by atoms with E-state index in [9.17, 15) is 4.79 Å². The van der Waals surface area contributed by atoms with E-state index in [2.05, 4.69) is 5.32 Å². The molecule has 0 aliphatic rings. The maximum Gasteiger partial charge on any atom is 0.234 e. The van der Waals surface area contributed by atoms with Gasteiger partial charge >= 0.3 is 0 Å². The van der Waals surface area contributed by atoms with Crippen LogP contribution < -0.4 is 14.8 Å². The van der Waals surface area contributed by atoms with Crippen LogP contribution in [0.1, 0.15) is 6.92 Å². The molecule has 5 heteroatoms. The fourth-order valence-corrected chi connectivity index (χ4v) is 2.52. The minimum atomic E-state index is -0.0371. The number of thioether (sulfide) groups is 1. The molecule has 0 aliphatic carbocycles. The van der Waals surface area contributed by atoms with Gasteiger partial charge in [0.2, 0.25) is 5.91 Å². The van der Waals surface area contributed by atoms with Gasteiger partial charge in [0.25, 0.3) is 0 Å². The third kappa shape index (κ3) is 5.00. The molecule has 0 unspecified atom stereocenters. The van der Waals surface area contributed by atoms with E-state index in [4.69, 9.17) is 9.47 Å². The number of benzene rings is 2. The molecule has 2 aromatic rings. The van der Waals surface area contributed by atoms with Crippen molar-refractivity contribution in [3.8, 4) is 11.5 Å². The normalized spacial score (nSPS) is 10.1. The van der Waals surface area contributed by atoms with Gasteiger partial charge < -0.3 is 14.8 Å². The largest absolute Gasteiger partial charge is 0.497 e. The average Bonchev–Trinajstić information content (AvgIpc) is 2.55. The molecule has 0 aliphatic heterocycles. The van der Waals surface area contributed by atoms with E-state index in [0.29, 0.717) is 12.4 Å². The van der Waals surface area contributed by atoms with Crippen LogP contribution in [0, 0.1) is 0 Å². The number of ether oxygens (including phenoxy) is 2. The molecule has 0 heterocycles. The molecule has 0 saturated heterocycles. The van der Waals surface area contributed by atoms with Gasteiger partial charge in [0.15, 0.2) is 0 Å². The van der Waals surface area contributed by atoms with Crippen molar-refractivity contribution in [3.63, 3.8) is 0 Å². The first-order chi connectivity index (χ1) is 10.7.